The van der Waals surface area contributed by atoms with Crippen molar-refractivity contribution in [3.8, 4) is 0 Å². The van der Waals surface area contributed by atoms with Crippen LogP contribution in [-0.2, 0) is 6.54 Å². The van der Waals surface area contributed by atoms with Crippen LogP contribution in [-0.4, -0.2) is 11.5 Å². The van der Waals surface area contributed by atoms with Crippen molar-refractivity contribution in [2.45, 2.75) is 20.4 Å². The number of aryl methyl sites for hydroxylation is 1. The molecule has 1 N–H and O–H groups in total. The van der Waals surface area contributed by atoms with E-state index in [2.05, 4.69) is 29.6 Å². The molecule has 0 heterocycles. The predicted octanol–water partition coefficient (Wildman–Crippen LogP) is 3.34. The molecular weight excluding hydrogens is 248 g/mol. The first kappa shape index (κ1) is 14.0. The van der Waals surface area contributed by atoms with Crippen LogP contribution in [0.25, 0.3) is 0 Å². The van der Waals surface area contributed by atoms with Gasteiger partial charge in [-0.15, -0.1) is 0 Å². The van der Waals surface area contributed by atoms with Gasteiger partial charge in [-0.05, 0) is 19.4 Å². The van der Waals surface area contributed by atoms with Gasteiger partial charge in [-0.1, -0.05) is 60.2 Å². The Bertz CT molecular complexity index is 601. The highest BCUT2D eigenvalue weighted by Crippen LogP contribution is 2.03. The molecule has 0 radical (unpaired) electrons. The summed E-state index contributed by atoms with van der Waals surface area (Å²) in [4.78, 5) is 12.1. The minimum absolute atomic E-state index is 0.0537. The van der Waals surface area contributed by atoms with E-state index in [1.54, 1.807) is 19.1 Å². The molecule has 0 aliphatic rings. The lowest BCUT2D eigenvalue weighted by Gasteiger charge is -2.04. The van der Waals surface area contributed by atoms with E-state index in [9.17, 15) is 4.79 Å². The number of carbonyl (C=O) groups excluding carboxylic acids is 1. The first-order chi connectivity index (χ1) is 9.66. The number of benzene rings is 2. The Labute approximate surface area is 119 Å². The molecule has 0 unspecified atom stereocenters. The first-order valence-electron chi connectivity index (χ1n) is 6.59. The maximum Gasteiger partial charge on any atom is 0.208 e. The number of carbonyl (C=O) groups is 1. The second-order valence-electron chi connectivity index (χ2n) is 4.71. The third-order valence-corrected chi connectivity index (χ3v) is 3.02. The van der Waals surface area contributed by atoms with Crippen LogP contribution < -0.4 is 5.43 Å². The molecule has 0 aromatic heterocycles. The molecule has 3 nitrogen and oxygen atoms in total. The molecule has 2 aromatic rings. The van der Waals surface area contributed by atoms with E-state index in [-0.39, 0.29) is 5.78 Å². The van der Waals surface area contributed by atoms with Crippen LogP contribution in [0.15, 0.2) is 59.7 Å². The van der Waals surface area contributed by atoms with Crippen LogP contribution in [0.4, 0.5) is 0 Å². The van der Waals surface area contributed by atoms with Crippen LogP contribution in [0.5, 0.6) is 0 Å². The predicted molar refractivity (Wildman–Crippen MR) is 81.9 cm³/mol. The van der Waals surface area contributed by atoms with E-state index < -0.39 is 0 Å². The summed E-state index contributed by atoms with van der Waals surface area (Å²) in [5.41, 5.74) is 6.43. The number of nitrogens with zero attached hydrogens (tertiary/aromatic N) is 1. The van der Waals surface area contributed by atoms with Gasteiger partial charge in [0.05, 0.1) is 6.54 Å². The summed E-state index contributed by atoms with van der Waals surface area (Å²) in [6.07, 6.45) is 0. The molecule has 0 fully saturated rings. The maximum absolute atomic E-state index is 12.1. The smallest absolute Gasteiger partial charge is 0.208 e. The summed E-state index contributed by atoms with van der Waals surface area (Å²) < 4.78 is 0. The third-order valence-electron chi connectivity index (χ3n) is 3.02. The summed E-state index contributed by atoms with van der Waals surface area (Å²) in [7, 11) is 0. The number of hydrogen-bond donors (Lipinski definition) is 1. The molecule has 0 saturated carbocycles. The third kappa shape index (κ3) is 3.79. The van der Waals surface area contributed by atoms with Crippen molar-refractivity contribution in [2.24, 2.45) is 5.10 Å². The molecule has 0 spiro atoms. The van der Waals surface area contributed by atoms with Crippen molar-refractivity contribution in [3.05, 3.63) is 71.3 Å². The second kappa shape index (κ2) is 6.66. The fourth-order valence-electron chi connectivity index (χ4n) is 1.80. The van der Waals surface area contributed by atoms with Gasteiger partial charge in [0.15, 0.2) is 0 Å². The molecule has 0 atom stereocenters. The van der Waals surface area contributed by atoms with Gasteiger partial charge in [-0.2, -0.15) is 5.10 Å². The Morgan fingerprint density at radius 2 is 1.70 bits per heavy atom. The maximum atomic E-state index is 12.1. The van der Waals surface area contributed by atoms with E-state index in [1.807, 2.05) is 30.3 Å². The normalized spacial score (nSPS) is 11.2. The molecule has 102 valence electrons. The highest BCUT2D eigenvalue weighted by molar-refractivity contribution is 6.45. The molecule has 0 bridgehead atoms. The van der Waals surface area contributed by atoms with E-state index >= 15 is 0 Å². The summed E-state index contributed by atoms with van der Waals surface area (Å²) >= 11 is 0. The summed E-state index contributed by atoms with van der Waals surface area (Å²) in [5.74, 6) is -0.0537. The molecule has 2 rings (SSSR count). The SMILES string of the molecule is C/C(=N\NCc1ccc(C)cc1)C(=O)c1ccccc1. The molecule has 0 aliphatic carbocycles. The van der Waals surface area contributed by atoms with E-state index in [0.717, 1.165) is 5.56 Å². The number of ketones is 1. The van der Waals surface area contributed by atoms with Crippen LogP contribution in [0.1, 0.15) is 28.4 Å². The Morgan fingerprint density at radius 1 is 1.05 bits per heavy atom. The van der Waals surface area contributed by atoms with Gasteiger partial charge in [0.25, 0.3) is 0 Å². The minimum Gasteiger partial charge on any atom is -0.305 e. The Morgan fingerprint density at radius 3 is 2.35 bits per heavy atom. The number of rotatable bonds is 5. The van der Waals surface area contributed by atoms with E-state index in [0.29, 0.717) is 17.8 Å². The fraction of sp³-hybridized carbons (Fsp3) is 0.176. The first-order valence-corrected chi connectivity index (χ1v) is 6.59. The Balaban J connectivity index is 1.94. The lowest BCUT2D eigenvalue weighted by molar-refractivity contribution is 0.106. The van der Waals surface area contributed by atoms with E-state index in [4.69, 9.17) is 0 Å². The van der Waals surface area contributed by atoms with E-state index in [1.165, 1.54) is 5.56 Å². The van der Waals surface area contributed by atoms with Crippen molar-refractivity contribution >= 4 is 11.5 Å². The fourth-order valence-corrected chi connectivity index (χ4v) is 1.80. The number of nitrogens with one attached hydrogen (secondary N) is 1. The average Bonchev–Trinajstić information content (AvgIpc) is 2.49. The second-order valence-corrected chi connectivity index (χ2v) is 4.71. The molecule has 0 amide bonds. The van der Waals surface area contributed by atoms with Gasteiger partial charge < -0.3 is 5.43 Å². The van der Waals surface area contributed by atoms with Gasteiger partial charge in [0.1, 0.15) is 5.71 Å². The summed E-state index contributed by atoms with van der Waals surface area (Å²) in [6, 6.07) is 17.4. The van der Waals surface area contributed by atoms with Crippen molar-refractivity contribution in [1.29, 1.82) is 0 Å². The minimum atomic E-state index is -0.0537. The van der Waals surface area contributed by atoms with Gasteiger partial charge in [0.2, 0.25) is 5.78 Å². The molecule has 2 aromatic carbocycles. The van der Waals surface area contributed by atoms with Crippen molar-refractivity contribution in [2.75, 3.05) is 0 Å². The van der Waals surface area contributed by atoms with Crippen molar-refractivity contribution in [3.63, 3.8) is 0 Å². The molecular formula is C17H18N2O. The zero-order valence-corrected chi connectivity index (χ0v) is 11.8. The molecule has 20 heavy (non-hydrogen) atoms. The Hall–Kier alpha value is -2.42. The zero-order valence-electron chi connectivity index (χ0n) is 11.8. The standard InChI is InChI=1S/C17H18N2O/c1-13-8-10-15(11-9-13)12-18-19-14(2)17(20)16-6-4-3-5-7-16/h3-11,18H,12H2,1-2H3/b19-14+. The van der Waals surface area contributed by atoms with Gasteiger partial charge in [-0.25, -0.2) is 0 Å². The van der Waals surface area contributed by atoms with Gasteiger partial charge >= 0.3 is 0 Å². The topological polar surface area (TPSA) is 41.5 Å². The highest BCUT2D eigenvalue weighted by atomic mass is 16.1. The average molecular weight is 266 g/mol. The van der Waals surface area contributed by atoms with Crippen molar-refractivity contribution < 1.29 is 4.79 Å². The van der Waals surface area contributed by atoms with Gasteiger partial charge in [0, 0.05) is 5.56 Å². The van der Waals surface area contributed by atoms with Crippen LogP contribution in [0.2, 0.25) is 0 Å². The lowest BCUT2D eigenvalue weighted by Crippen LogP contribution is -2.16. The molecule has 0 saturated heterocycles. The summed E-state index contributed by atoms with van der Waals surface area (Å²) in [5, 5.41) is 4.14. The molecule has 0 aliphatic heterocycles. The zero-order chi connectivity index (χ0) is 14.4. The summed E-state index contributed by atoms with van der Waals surface area (Å²) in [6.45, 7) is 4.38. The Kier molecular flexibility index (Phi) is 4.66. The largest absolute Gasteiger partial charge is 0.305 e. The number of hydrogen-bond acceptors (Lipinski definition) is 3. The van der Waals surface area contributed by atoms with Crippen LogP contribution >= 0.6 is 0 Å². The lowest BCUT2D eigenvalue weighted by atomic mass is 10.1. The molecule has 3 heteroatoms. The van der Waals surface area contributed by atoms with Crippen molar-refractivity contribution in [1.82, 2.24) is 5.43 Å². The number of hydrazone groups is 1. The van der Waals surface area contributed by atoms with Gasteiger partial charge in [-0.3, -0.25) is 4.79 Å². The number of Topliss-reactive ketones (excluding diaryl/α,β-unsaturated/α-hetero) is 1. The quantitative estimate of drug-likeness (QED) is 0.512. The van der Waals surface area contributed by atoms with Crippen LogP contribution in [0, 0.1) is 6.92 Å². The van der Waals surface area contributed by atoms with Crippen LogP contribution in [0.3, 0.4) is 0 Å². The monoisotopic (exact) mass is 266 g/mol. The highest BCUT2D eigenvalue weighted by Gasteiger charge is 2.08.